The monoisotopic (exact) mass is 284 g/mol. The minimum atomic E-state index is -0.548. The number of ether oxygens (including phenoxy) is 1. The first-order chi connectivity index (χ1) is 10.1. The van der Waals surface area contributed by atoms with Crippen LogP contribution in [0.3, 0.4) is 0 Å². The summed E-state index contributed by atoms with van der Waals surface area (Å²) in [6, 6.07) is 8.77. The van der Waals surface area contributed by atoms with E-state index in [1.165, 1.54) is 24.5 Å². The number of aryl methyl sites for hydroxylation is 2. The molecule has 1 N–H and O–H groups in total. The van der Waals surface area contributed by atoms with Gasteiger partial charge in [0.05, 0.1) is 5.56 Å². The summed E-state index contributed by atoms with van der Waals surface area (Å²) in [4.78, 5) is 27.3. The molecule has 0 saturated heterocycles. The molecule has 0 bridgehead atoms. The molecule has 1 amide bonds. The third-order valence-electron chi connectivity index (χ3n) is 2.91. The van der Waals surface area contributed by atoms with Crippen LogP contribution in [0.2, 0.25) is 0 Å². The van der Waals surface area contributed by atoms with Gasteiger partial charge in [-0.05, 0) is 37.6 Å². The number of carbonyl (C=O) groups is 2. The number of hydrogen-bond acceptors (Lipinski definition) is 4. The predicted octanol–water partition coefficient (Wildman–Crippen LogP) is 2.49. The van der Waals surface area contributed by atoms with Crippen molar-refractivity contribution in [3.8, 4) is 0 Å². The van der Waals surface area contributed by atoms with Gasteiger partial charge in [-0.15, -0.1) is 0 Å². The van der Waals surface area contributed by atoms with Crippen molar-refractivity contribution in [3.63, 3.8) is 0 Å². The zero-order valence-corrected chi connectivity index (χ0v) is 11.9. The molecule has 0 fully saturated rings. The van der Waals surface area contributed by atoms with Crippen molar-refractivity contribution in [2.24, 2.45) is 0 Å². The maximum absolute atomic E-state index is 11.8. The van der Waals surface area contributed by atoms with Crippen molar-refractivity contribution < 1.29 is 14.3 Å². The van der Waals surface area contributed by atoms with Crippen molar-refractivity contribution in [1.29, 1.82) is 0 Å². The Morgan fingerprint density at radius 1 is 1.14 bits per heavy atom. The minimum Gasteiger partial charge on any atom is -0.452 e. The summed E-state index contributed by atoms with van der Waals surface area (Å²) < 4.78 is 4.95. The lowest BCUT2D eigenvalue weighted by molar-refractivity contribution is -0.119. The van der Waals surface area contributed by atoms with Crippen LogP contribution in [0.1, 0.15) is 21.5 Å². The smallest absolute Gasteiger partial charge is 0.338 e. The Hall–Kier alpha value is -2.69. The van der Waals surface area contributed by atoms with Crippen LogP contribution in [0.4, 0.5) is 5.69 Å². The van der Waals surface area contributed by atoms with Crippen LogP contribution < -0.4 is 5.32 Å². The Labute approximate surface area is 123 Å². The molecule has 108 valence electrons. The van der Waals surface area contributed by atoms with Gasteiger partial charge in [0, 0.05) is 18.1 Å². The third-order valence-corrected chi connectivity index (χ3v) is 2.91. The van der Waals surface area contributed by atoms with E-state index in [0.29, 0.717) is 11.3 Å². The fraction of sp³-hybridized carbons (Fsp3) is 0.188. The highest BCUT2D eigenvalue weighted by Crippen LogP contribution is 2.15. The molecular formula is C16H16N2O3. The van der Waals surface area contributed by atoms with Crippen molar-refractivity contribution >= 4 is 17.6 Å². The highest BCUT2D eigenvalue weighted by molar-refractivity contribution is 5.95. The number of nitrogens with zero attached hydrogens (tertiary/aromatic N) is 1. The number of esters is 1. The zero-order valence-electron chi connectivity index (χ0n) is 11.9. The van der Waals surface area contributed by atoms with Gasteiger partial charge >= 0.3 is 5.97 Å². The van der Waals surface area contributed by atoms with Crippen LogP contribution in [0.5, 0.6) is 0 Å². The van der Waals surface area contributed by atoms with E-state index in [2.05, 4.69) is 10.3 Å². The molecule has 0 aliphatic rings. The summed E-state index contributed by atoms with van der Waals surface area (Å²) in [6.45, 7) is 3.56. The number of amides is 1. The molecule has 2 rings (SSSR count). The maximum Gasteiger partial charge on any atom is 0.338 e. The Morgan fingerprint density at radius 2 is 1.86 bits per heavy atom. The van der Waals surface area contributed by atoms with Crippen LogP contribution in [-0.4, -0.2) is 23.5 Å². The highest BCUT2D eigenvalue weighted by Gasteiger charge is 2.10. The zero-order chi connectivity index (χ0) is 15.2. The average molecular weight is 284 g/mol. The number of hydrogen-bond donors (Lipinski definition) is 1. The molecule has 1 aromatic heterocycles. The molecule has 0 atom stereocenters. The molecule has 1 heterocycles. The Balaban J connectivity index is 1.89. The van der Waals surface area contributed by atoms with Crippen LogP contribution in [-0.2, 0) is 9.53 Å². The molecule has 5 heteroatoms. The summed E-state index contributed by atoms with van der Waals surface area (Å²) in [7, 11) is 0. The standard InChI is InChI=1S/C16H16N2O3/c1-11-3-4-14(12(2)9-11)18-15(19)10-21-16(20)13-5-7-17-8-6-13/h3-9H,10H2,1-2H3,(H,18,19). The highest BCUT2D eigenvalue weighted by atomic mass is 16.5. The van der Waals surface area contributed by atoms with Gasteiger partial charge in [-0.2, -0.15) is 0 Å². The van der Waals surface area contributed by atoms with Gasteiger partial charge in [0.25, 0.3) is 5.91 Å². The van der Waals surface area contributed by atoms with E-state index in [4.69, 9.17) is 4.74 Å². The van der Waals surface area contributed by atoms with Crippen molar-refractivity contribution in [3.05, 3.63) is 59.4 Å². The Morgan fingerprint density at radius 3 is 2.52 bits per heavy atom. The van der Waals surface area contributed by atoms with E-state index in [1.54, 1.807) is 0 Å². The van der Waals surface area contributed by atoms with E-state index >= 15 is 0 Å². The molecule has 0 radical (unpaired) electrons. The molecule has 0 saturated carbocycles. The van der Waals surface area contributed by atoms with Crippen LogP contribution in [0, 0.1) is 13.8 Å². The van der Waals surface area contributed by atoms with E-state index in [-0.39, 0.29) is 12.5 Å². The van der Waals surface area contributed by atoms with Gasteiger partial charge < -0.3 is 10.1 Å². The number of carbonyl (C=O) groups excluding carboxylic acids is 2. The molecule has 0 aliphatic heterocycles. The SMILES string of the molecule is Cc1ccc(NC(=O)COC(=O)c2ccncc2)c(C)c1. The molecule has 0 unspecified atom stereocenters. The molecule has 1 aromatic carbocycles. The lowest BCUT2D eigenvalue weighted by Crippen LogP contribution is -2.21. The van der Waals surface area contributed by atoms with Gasteiger partial charge in [-0.1, -0.05) is 17.7 Å². The molecule has 2 aromatic rings. The lowest BCUT2D eigenvalue weighted by Gasteiger charge is -2.09. The number of benzene rings is 1. The normalized spacial score (nSPS) is 10.0. The van der Waals surface area contributed by atoms with Gasteiger partial charge in [0.15, 0.2) is 6.61 Å². The number of nitrogens with one attached hydrogen (secondary N) is 1. The second-order valence-electron chi connectivity index (χ2n) is 4.68. The number of anilines is 1. The molecule has 0 aliphatic carbocycles. The topological polar surface area (TPSA) is 68.3 Å². The van der Waals surface area contributed by atoms with Crippen LogP contribution in [0.15, 0.2) is 42.7 Å². The van der Waals surface area contributed by atoms with Gasteiger partial charge in [0.2, 0.25) is 0 Å². The second kappa shape index (κ2) is 6.65. The van der Waals surface area contributed by atoms with Crippen molar-refractivity contribution in [2.45, 2.75) is 13.8 Å². The maximum atomic E-state index is 11.8. The van der Waals surface area contributed by atoms with Gasteiger partial charge in [-0.25, -0.2) is 4.79 Å². The van der Waals surface area contributed by atoms with Gasteiger partial charge in [-0.3, -0.25) is 9.78 Å². The summed E-state index contributed by atoms with van der Waals surface area (Å²) in [5, 5.41) is 2.72. The van der Waals surface area contributed by atoms with Crippen LogP contribution in [0.25, 0.3) is 0 Å². The largest absolute Gasteiger partial charge is 0.452 e. The fourth-order valence-electron chi connectivity index (χ4n) is 1.84. The van der Waals surface area contributed by atoms with E-state index in [9.17, 15) is 9.59 Å². The van der Waals surface area contributed by atoms with E-state index in [0.717, 1.165) is 11.1 Å². The number of rotatable bonds is 4. The van der Waals surface area contributed by atoms with E-state index < -0.39 is 5.97 Å². The summed E-state index contributed by atoms with van der Waals surface area (Å²) in [6.07, 6.45) is 2.98. The van der Waals surface area contributed by atoms with Crippen molar-refractivity contribution in [1.82, 2.24) is 4.98 Å². The minimum absolute atomic E-state index is 0.325. The molecule has 21 heavy (non-hydrogen) atoms. The predicted molar refractivity (Wildman–Crippen MR) is 79.1 cm³/mol. The number of pyridine rings is 1. The van der Waals surface area contributed by atoms with Crippen molar-refractivity contribution in [2.75, 3.05) is 11.9 Å². The molecule has 5 nitrogen and oxygen atoms in total. The lowest BCUT2D eigenvalue weighted by atomic mass is 10.1. The van der Waals surface area contributed by atoms with Crippen LogP contribution >= 0.6 is 0 Å². The van der Waals surface area contributed by atoms with E-state index in [1.807, 2.05) is 32.0 Å². The fourth-order valence-corrected chi connectivity index (χ4v) is 1.84. The number of aromatic nitrogens is 1. The first-order valence-electron chi connectivity index (χ1n) is 6.50. The quantitative estimate of drug-likeness (QED) is 0.876. The summed E-state index contributed by atoms with van der Waals surface area (Å²) in [5.41, 5.74) is 3.16. The van der Waals surface area contributed by atoms with Gasteiger partial charge in [0.1, 0.15) is 0 Å². The Kier molecular flexibility index (Phi) is 4.66. The molecular weight excluding hydrogens is 268 g/mol. The molecule has 0 spiro atoms. The first-order valence-corrected chi connectivity index (χ1v) is 6.50. The Bertz CT molecular complexity index is 654. The third kappa shape index (κ3) is 4.14. The summed E-state index contributed by atoms with van der Waals surface area (Å²) in [5.74, 6) is -0.919. The average Bonchev–Trinajstić information content (AvgIpc) is 2.48. The first kappa shape index (κ1) is 14.7. The summed E-state index contributed by atoms with van der Waals surface area (Å²) >= 11 is 0. The second-order valence-corrected chi connectivity index (χ2v) is 4.68.